The molecule has 0 saturated carbocycles. The van der Waals surface area contributed by atoms with Crippen molar-refractivity contribution >= 4 is 46.2 Å². The summed E-state index contributed by atoms with van der Waals surface area (Å²) < 4.78 is 59.2. The Hall–Kier alpha value is -4.68. The van der Waals surface area contributed by atoms with Crippen molar-refractivity contribution in [2.45, 2.75) is 99.6 Å². The van der Waals surface area contributed by atoms with Gasteiger partial charge >= 0.3 is 0 Å². The Balaban J connectivity index is 0.000000272. The molecule has 0 atom stereocenters. The number of hydrogen-bond acceptors (Lipinski definition) is 4. The molecule has 0 aliphatic carbocycles. The third-order valence-corrected chi connectivity index (χ3v) is 11.8. The van der Waals surface area contributed by atoms with E-state index in [-0.39, 0.29) is 36.6 Å². The van der Waals surface area contributed by atoms with E-state index in [1.165, 1.54) is 11.4 Å². The van der Waals surface area contributed by atoms with Gasteiger partial charge in [0.15, 0.2) is 0 Å². The summed E-state index contributed by atoms with van der Waals surface area (Å²) >= 11 is 0. The average molecular weight is 967 g/mol. The first kappa shape index (κ1) is 35.3. The van der Waals surface area contributed by atoms with Crippen LogP contribution in [0.2, 0.25) is 19.6 Å². The summed E-state index contributed by atoms with van der Waals surface area (Å²) in [6.07, 6.45) is 1.30. The monoisotopic (exact) mass is 967 g/mol. The number of aromatic nitrogens is 4. The Labute approximate surface area is 368 Å². The van der Waals surface area contributed by atoms with Gasteiger partial charge in [-0.1, -0.05) is 127 Å². The van der Waals surface area contributed by atoms with Crippen LogP contribution < -0.4 is 5.19 Å². The number of para-hydroxylation sites is 1. The third-order valence-electron chi connectivity index (χ3n) is 9.81. The van der Waals surface area contributed by atoms with E-state index in [0.717, 1.165) is 50.1 Å². The van der Waals surface area contributed by atoms with Gasteiger partial charge in [0.05, 0.1) is 24.7 Å². The molecule has 0 fully saturated rings. The molecular weight excluding hydrogens is 905 g/mol. The van der Waals surface area contributed by atoms with Gasteiger partial charge in [-0.25, -0.2) is 4.98 Å². The SMILES string of the molecule is [2H]C(C)(C)c1cc(-c2[c-]cccc2)ncc1[Si](C)(C)C.[2H]C([2H])([2H])c1cnc(-c2[c-]ccc3c2oc2ccc4c(nc(C(C)(C)C)n4-c4ccccc4)c23)cc1C([2H])([2H])C(C)(C)C.[Ir]. The standard InChI is InChI=1S/C34H34N3O.C17H22NSi.Ir/c1-21-20-35-26(18-22(21)19-33(2,3)4)24-14-11-15-25-29-28(38-31(24)25)17-16-27-30(29)36-32(34(5,6)7)37(27)23-12-9-8-10-13-23;1-13(2)15-11-16(14-9-7-6-8-10-14)18-12-17(15)19(3,4)5;/h8-13,15-18,20H,19H2,1-7H3;6-9,11-13H,1-5H3;/q2*-1;/i1D3,19D2;13D;. The number of fused-ring (bicyclic) bond motifs is 5. The summed E-state index contributed by atoms with van der Waals surface area (Å²) in [5.41, 5.74) is 6.78. The minimum atomic E-state index is -2.53. The predicted molar refractivity (Wildman–Crippen MR) is 243 cm³/mol. The fourth-order valence-electron chi connectivity index (χ4n) is 7.17. The van der Waals surface area contributed by atoms with Crippen LogP contribution in [0.5, 0.6) is 0 Å². The van der Waals surface area contributed by atoms with Gasteiger partial charge < -0.3 is 14.4 Å². The van der Waals surface area contributed by atoms with E-state index in [0.29, 0.717) is 22.4 Å². The fourth-order valence-corrected chi connectivity index (χ4v) is 8.75. The molecule has 4 aromatic heterocycles. The van der Waals surface area contributed by atoms with E-state index in [4.69, 9.17) is 17.6 Å². The largest absolute Gasteiger partial charge is 0.501 e. The van der Waals surface area contributed by atoms with Crippen LogP contribution in [0.25, 0.3) is 61.2 Å². The van der Waals surface area contributed by atoms with Crippen LogP contribution in [-0.2, 0) is 31.9 Å². The smallest absolute Gasteiger partial charge is 0.123 e. The van der Waals surface area contributed by atoms with Crippen molar-refractivity contribution in [2.75, 3.05) is 0 Å². The molecule has 7 heteroatoms. The van der Waals surface area contributed by atoms with Crippen LogP contribution in [0.1, 0.15) is 92.0 Å². The molecule has 0 saturated heterocycles. The van der Waals surface area contributed by atoms with Crippen LogP contribution in [0.4, 0.5) is 0 Å². The zero-order valence-electron chi connectivity index (χ0n) is 41.3. The molecule has 0 bridgehead atoms. The molecule has 58 heavy (non-hydrogen) atoms. The van der Waals surface area contributed by atoms with Crippen molar-refractivity contribution in [1.82, 2.24) is 19.5 Å². The second-order valence-corrected chi connectivity index (χ2v) is 23.0. The Morgan fingerprint density at radius 2 is 1.59 bits per heavy atom. The molecule has 1 radical (unpaired) electrons. The fraction of sp³-hybridized carbons (Fsp3) is 0.314. The van der Waals surface area contributed by atoms with E-state index in [1.54, 1.807) is 32.9 Å². The molecule has 0 N–H and O–H groups in total. The van der Waals surface area contributed by atoms with E-state index < -0.39 is 32.6 Å². The van der Waals surface area contributed by atoms with Gasteiger partial charge in [-0.05, 0) is 70.9 Å². The molecule has 0 spiro atoms. The number of furan rings is 1. The van der Waals surface area contributed by atoms with Gasteiger partial charge in [-0.2, -0.15) is 0 Å². The predicted octanol–water partition coefficient (Wildman–Crippen LogP) is 13.2. The maximum Gasteiger partial charge on any atom is 0.123 e. The molecule has 4 aromatic carbocycles. The van der Waals surface area contributed by atoms with Crippen molar-refractivity contribution in [3.63, 3.8) is 0 Å². The molecule has 4 heterocycles. The van der Waals surface area contributed by atoms with E-state index in [9.17, 15) is 0 Å². The van der Waals surface area contributed by atoms with Gasteiger partial charge in [0.25, 0.3) is 0 Å². The summed E-state index contributed by atoms with van der Waals surface area (Å²) in [5, 5.41) is 2.97. The second kappa shape index (κ2) is 16.5. The first-order valence-electron chi connectivity index (χ1n) is 22.5. The Morgan fingerprint density at radius 1 is 0.862 bits per heavy atom. The number of imidazole rings is 1. The Morgan fingerprint density at radius 3 is 2.22 bits per heavy atom. The van der Waals surface area contributed by atoms with Crippen LogP contribution in [0.3, 0.4) is 0 Å². The van der Waals surface area contributed by atoms with Crippen molar-refractivity contribution in [1.29, 1.82) is 0 Å². The Kier molecular flexibility index (Phi) is 10.0. The second-order valence-electron chi connectivity index (χ2n) is 18.0. The molecule has 8 aromatic rings. The summed E-state index contributed by atoms with van der Waals surface area (Å²) in [7, 11) is -1.50. The van der Waals surface area contributed by atoms with E-state index in [2.05, 4.69) is 85.3 Å². The van der Waals surface area contributed by atoms with Crippen molar-refractivity contribution in [3.05, 3.63) is 138 Å². The molecular formula is C51H56IrN4OSi-2. The molecule has 0 aliphatic rings. The zero-order chi connectivity index (χ0) is 46.1. The molecule has 0 amide bonds. The molecule has 301 valence electrons. The van der Waals surface area contributed by atoms with Crippen molar-refractivity contribution in [2.24, 2.45) is 5.41 Å². The average Bonchev–Trinajstić information content (AvgIpc) is 3.79. The summed E-state index contributed by atoms with van der Waals surface area (Å²) in [6, 6.07) is 35.8. The van der Waals surface area contributed by atoms with Gasteiger partial charge in [-0.15, -0.1) is 54.1 Å². The van der Waals surface area contributed by atoms with E-state index in [1.807, 2.05) is 80.7 Å². The first-order chi connectivity index (χ1) is 29.2. The molecule has 8 rings (SSSR count). The number of aryl methyl sites for hydroxylation is 1. The van der Waals surface area contributed by atoms with Crippen LogP contribution in [-0.4, -0.2) is 27.6 Å². The van der Waals surface area contributed by atoms with Crippen molar-refractivity contribution < 1.29 is 32.7 Å². The van der Waals surface area contributed by atoms with Crippen molar-refractivity contribution in [3.8, 4) is 28.2 Å². The van der Waals surface area contributed by atoms with Gasteiger partial charge in [0, 0.05) is 57.2 Å². The minimum Gasteiger partial charge on any atom is -0.501 e. The molecule has 0 unspecified atom stereocenters. The maximum atomic E-state index is 8.93. The van der Waals surface area contributed by atoms with Crippen LogP contribution in [0, 0.1) is 24.4 Å². The molecule has 5 nitrogen and oxygen atoms in total. The number of pyridine rings is 2. The molecule has 0 aliphatic heterocycles. The number of hydrogen-bond donors (Lipinski definition) is 0. The minimum absolute atomic E-state index is 0. The van der Waals surface area contributed by atoms with Crippen LogP contribution >= 0.6 is 0 Å². The zero-order valence-corrected chi connectivity index (χ0v) is 38.7. The third kappa shape index (κ3) is 8.83. The summed E-state index contributed by atoms with van der Waals surface area (Å²) in [4.78, 5) is 14.3. The summed E-state index contributed by atoms with van der Waals surface area (Å²) in [5.74, 6) is 0.316. The normalized spacial score (nSPS) is 14.4. The maximum absolute atomic E-state index is 8.93. The van der Waals surface area contributed by atoms with Gasteiger partial charge in [-0.3, -0.25) is 4.57 Å². The number of rotatable bonds is 6. The van der Waals surface area contributed by atoms with Gasteiger partial charge in [0.2, 0.25) is 0 Å². The quantitative estimate of drug-likeness (QED) is 0.123. The summed E-state index contributed by atoms with van der Waals surface area (Å²) in [6.45, 7) is 20.0. The van der Waals surface area contributed by atoms with Crippen LogP contribution in [0.15, 0.2) is 108 Å². The van der Waals surface area contributed by atoms with Gasteiger partial charge in [0.1, 0.15) is 11.4 Å². The number of benzene rings is 4. The first-order valence-corrected chi connectivity index (χ1v) is 23.0. The number of nitrogens with zero attached hydrogens (tertiary/aromatic N) is 4. The van der Waals surface area contributed by atoms with E-state index >= 15 is 0 Å². The Bertz CT molecular complexity index is 2950. The topological polar surface area (TPSA) is 56.7 Å².